The van der Waals surface area contributed by atoms with Crippen molar-refractivity contribution in [1.29, 1.82) is 0 Å². The van der Waals surface area contributed by atoms with Crippen molar-refractivity contribution in [2.45, 2.75) is 0 Å². The van der Waals surface area contributed by atoms with E-state index in [0.29, 0.717) is 22.0 Å². The molecule has 1 aliphatic rings. The molecule has 0 unspecified atom stereocenters. The number of allylic oxidation sites excluding steroid dienone is 1. The average molecular weight is 329 g/mol. The highest BCUT2D eigenvalue weighted by atomic mass is 35.5. The van der Waals surface area contributed by atoms with E-state index < -0.39 is 0 Å². The summed E-state index contributed by atoms with van der Waals surface area (Å²) in [5.41, 5.74) is 3.75. The van der Waals surface area contributed by atoms with Crippen LogP contribution >= 0.6 is 11.6 Å². The molecule has 1 aliphatic heterocycles. The Hall–Kier alpha value is -2.46. The summed E-state index contributed by atoms with van der Waals surface area (Å²) in [7, 11) is 5.56. The number of Topliss-reactive ketones (excluding diaryl/α,β-unsaturated/α-hetero) is 1. The van der Waals surface area contributed by atoms with E-state index in [1.54, 1.807) is 31.4 Å². The number of ether oxygens (including phenoxy) is 1. The number of rotatable bonds is 3. The van der Waals surface area contributed by atoms with E-state index in [9.17, 15) is 4.79 Å². The van der Waals surface area contributed by atoms with E-state index in [1.807, 2.05) is 37.2 Å². The average Bonchev–Trinajstić information content (AvgIpc) is 2.83. The fourth-order valence-corrected chi connectivity index (χ4v) is 2.69. The van der Waals surface area contributed by atoms with Crippen LogP contribution in [-0.4, -0.2) is 27.0 Å². The van der Waals surface area contributed by atoms with Gasteiger partial charge in [-0.3, -0.25) is 4.79 Å². The topological polar surface area (TPSA) is 41.6 Å². The molecular weight excluding hydrogens is 312 g/mol. The van der Waals surface area contributed by atoms with Gasteiger partial charge in [-0.15, -0.1) is 0 Å². The van der Waals surface area contributed by atoms with E-state index in [1.165, 1.54) is 0 Å². The van der Waals surface area contributed by atoms with Gasteiger partial charge in [-0.2, -0.15) is 0 Å². The van der Waals surface area contributed by atoms with Crippen molar-refractivity contribution >= 4 is 34.8 Å². The van der Waals surface area contributed by atoms with E-state index in [2.05, 4.69) is 5.32 Å². The van der Waals surface area contributed by atoms with E-state index in [0.717, 1.165) is 16.9 Å². The minimum atomic E-state index is -0.0459. The molecule has 0 saturated carbocycles. The second kappa shape index (κ2) is 5.97. The van der Waals surface area contributed by atoms with Gasteiger partial charge in [0.15, 0.2) is 0 Å². The zero-order valence-corrected chi connectivity index (χ0v) is 13.9. The first-order valence-corrected chi connectivity index (χ1v) is 7.55. The molecule has 0 saturated heterocycles. The van der Waals surface area contributed by atoms with Crippen LogP contribution in [0.5, 0.6) is 5.75 Å². The molecule has 0 spiro atoms. The van der Waals surface area contributed by atoms with Gasteiger partial charge in [-0.05, 0) is 36.4 Å². The standard InChI is InChI=1S/C18H17ClN2O2/c1-21(2)13-6-4-11(17(10-13)23-3)8-16-18(22)14-7-5-12(19)9-15(14)20-16/h4-10,20H,1-3H3. The Kier molecular flexibility index (Phi) is 4.01. The third kappa shape index (κ3) is 2.90. The first kappa shape index (κ1) is 15.4. The highest BCUT2D eigenvalue weighted by Crippen LogP contribution is 2.33. The van der Waals surface area contributed by atoms with Crippen molar-refractivity contribution in [3.05, 3.63) is 58.2 Å². The molecular formula is C18H17ClN2O2. The zero-order chi connectivity index (χ0) is 16.6. The summed E-state index contributed by atoms with van der Waals surface area (Å²) >= 11 is 5.98. The van der Waals surface area contributed by atoms with Crippen LogP contribution < -0.4 is 15.0 Å². The Bertz CT molecular complexity index is 813. The normalized spacial score (nSPS) is 14.6. The molecule has 0 bridgehead atoms. The van der Waals surface area contributed by atoms with Crippen molar-refractivity contribution in [2.24, 2.45) is 0 Å². The molecule has 2 aromatic rings. The van der Waals surface area contributed by atoms with Gasteiger partial charge in [0, 0.05) is 42.0 Å². The molecule has 1 N–H and O–H groups in total. The number of methoxy groups -OCH3 is 1. The van der Waals surface area contributed by atoms with Crippen LogP contribution in [0.15, 0.2) is 42.1 Å². The van der Waals surface area contributed by atoms with Gasteiger partial charge in [0.1, 0.15) is 5.75 Å². The minimum Gasteiger partial charge on any atom is -0.496 e. The number of ketones is 1. The van der Waals surface area contributed by atoms with Gasteiger partial charge in [-0.25, -0.2) is 0 Å². The number of halogens is 1. The molecule has 1 heterocycles. The number of nitrogens with one attached hydrogen (secondary N) is 1. The summed E-state index contributed by atoms with van der Waals surface area (Å²) in [6.45, 7) is 0. The number of carbonyl (C=O) groups is 1. The minimum absolute atomic E-state index is 0.0459. The number of benzene rings is 2. The van der Waals surface area contributed by atoms with Crippen molar-refractivity contribution in [3.8, 4) is 5.75 Å². The van der Waals surface area contributed by atoms with E-state index >= 15 is 0 Å². The number of hydrogen-bond donors (Lipinski definition) is 1. The third-order valence-corrected chi connectivity index (χ3v) is 4.01. The smallest absolute Gasteiger partial charge is 0.211 e. The van der Waals surface area contributed by atoms with Crippen molar-refractivity contribution in [3.63, 3.8) is 0 Å². The van der Waals surface area contributed by atoms with E-state index in [4.69, 9.17) is 16.3 Å². The predicted molar refractivity (Wildman–Crippen MR) is 94.7 cm³/mol. The van der Waals surface area contributed by atoms with Crippen LogP contribution in [0.3, 0.4) is 0 Å². The highest BCUT2D eigenvalue weighted by Gasteiger charge is 2.24. The predicted octanol–water partition coefficient (Wildman–Crippen LogP) is 4.06. The van der Waals surface area contributed by atoms with Gasteiger partial charge < -0.3 is 15.0 Å². The summed E-state index contributed by atoms with van der Waals surface area (Å²) in [6, 6.07) is 11.1. The fraction of sp³-hybridized carbons (Fsp3) is 0.167. The molecule has 3 rings (SSSR count). The largest absolute Gasteiger partial charge is 0.496 e. The van der Waals surface area contributed by atoms with Gasteiger partial charge in [-0.1, -0.05) is 11.6 Å². The van der Waals surface area contributed by atoms with Crippen LogP contribution in [-0.2, 0) is 0 Å². The maximum Gasteiger partial charge on any atom is 0.211 e. The number of hydrogen-bond acceptors (Lipinski definition) is 4. The first-order valence-electron chi connectivity index (χ1n) is 7.18. The number of fused-ring (bicyclic) bond motifs is 1. The van der Waals surface area contributed by atoms with Gasteiger partial charge in [0.05, 0.1) is 18.5 Å². The third-order valence-electron chi connectivity index (χ3n) is 3.77. The van der Waals surface area contributed by atoms with Crippen molar-refractivity contribution in [1.82, 2.24) is 0 Å². The second-order valence-electron chi connectivity index (χ2n) is 5.52. The lowest BCUT2D eigenvalue weighted by Crippen LogP contribution is -2.08. The molecule has 5 heteroatoms. The van der Waals surface area contributed by atoms with Gasteiger partial charge in [0.25, 0.3) is 0 Å². The number of carbonyl (C=O) groups excluding carboxylic acids is 1. The Balaban J connectivity index is 1.99. The maximum atomic E-state index is 12.5. The van der Waals surface area contributed by atoms with Crippen LogP contribution in [0.1, 0.15) is 15.9 Å². The highest BCUT2D eigenvalue weighted by molar-refractivity contribution is 6.31. The number of anilines is 2. The van der Waals surface area contributed by atoms with Crippen LogP contribution in [0.4, 0.5) is 11.4 Å². The second-order valence-corrected chi connectivity index (χ2v) is 5.96. The number of nitrogens with zero attached hydrogens (tertiary/aromatic N) is 1. The lowest BCUT2D eigenvalue weighted by molar-refractivity contribution is 0.104. The SMILES string of the molecule is COc1cc(N(C)C)ccc1C=C1Nc2cc(Cl)ccc2C1=O. The monoisotopic (exact) mass is 328 g/mol. The lowest BCUT2D eigenvalue weighted by Gasteiger charge is -2.15. The van der Waals surface area contributed by atoms with Gasteiger partial charge >= 0.3 is 0 Å². The maximum absolute atomic E-state index is 12.5. The lowest BCUT2D eigenvalue weighted by atomic mass is 10.1. The summed E-state index contributed by atoms with van der Waals surface area (Å²) in [5, 5.41) is 3.72. The van der Waals surface area contributed by atoms with Crippen LogP contribution in [0, 0.1) is 0 Å². The molecule has 0 aromatic heterocycles. The summed E-state index contributed by atoms with van der Waals surface area (Å²) in [5.74, 6) is 0.669. The Morgan fingerprint density at radius 1 is 1.17 bits per heavy atom. The molecule has 23 heavy (non-hydrogen) atoms. The van der Waals surface area contributed by atoms with Crippen LogP contribution in [0.25, 0.3) is 6.08 Å². The molecule has 0 atom stereocenters. The fourth-order valence-electron chi connectivity index (χ4n) is 2.52. The zero-order valence-electron chi connectivity index (χ0n) is 13.2. The van der Waals surface area contributed by atoms with Crippen molar-refractivity contribution in [2.75, 3.05) is 31.4 Å². The van der Waals surface area contributed by atoms with E-state index in [-0.39, 0.29) is 5.78 Å². The quantitative estimate of drug-likeness (QED) is 0.863. The van der Waals surface area contributed by atoms with Gasteiger partial charge in [0.2, 0.25) is 5.78 Å². The Labute approximate surface area is 140 Å². The first-order chi connectivity index (χ1) is 11.0. The molecule has 0 amide bonds. The summed E-state index contributed by atoms with van der Waals surface area (Å²) < 4.78 is 5.45. The molecule has 2 aromatic carbocycles. The molecule has 0 fully saturated rings. The Morgan fingerprint density at radius 2 is 1.96 bits per heavy atom. The van der Waals surface area contributed by atoms with Crippen LogP contribution in [0.2, 0.25) is 5.02 Å². The molecule has 4 nitrogen and oxygen atoms in total. The summed E-state index contributed by atoms with van der Waals surface area (Å²) in [4.78, 5) is 14.5. The summed E-state index contributed by atoms with van der Waals surface area (Å²) in [6.07, 6.45) is 1.80. The Morgan fingerprint density at radius 3 is 2.65 bits per heavy atom. The molecule has 0 radical (unpaired) electrons. The van der Waals surface area contributed by atoms with Crippen molar-refractivity contribution < 1.29 is 9.53 Å². The molecule has 118 valence electrons. The molecule has 0 aliphatic carbocycles.